The molecule has 1 heterocycles. The summed E-state index contributed by atoms with van der Waals surface area (Å²) in [5.74, 6) is 0.881. The molecule has 0 radical (unpaired) electrons. The molecule has 1 aromatic carbocycles. The number of hydrogen-bond donors (Lipinski definition) is 1. The number of hydrogen-bond acceptors (Lipinski definition) is 3. The Morgan fingerprint density at radius 2 is 2.00 bits per heavy atom. The van der Waals surface area contributed by atoms with Crippen LogP contribution in [0, 0.1) is 6.92 Å². The minimum Gasteiger partial charge on any atom is -0.496 e. The van der Waals surface area contributed by atoms with Gasteiger partial charge >= 0.3 is 0 Å². The monoisotopic (exact) mass is 270 g/mol. The van der Waals surface area contributed by atoms with Crippen molar-refractivity contribution in [1.29, 1.82) is 0 Å². The molecule has 0 aliphatic rings. The smallest absolute Gasteiger partial charge is 0.126 e. The molecule has 0 aliphatic carbocycles. The molecule has 2 rings (SSSR count). The lowest BCUT2D eigenvalue weighted by Crippen LogP contribution is -2.21. The zero-order chi connectivity index (χ0) is 14.5. The fourth-order valence-corrected chi connectivity index (χ4v) is 2.10. The normalized spacial score (nSPS) is 10.8. The Morgan fingerprint density at radius 3 is 2.70 bits per heavy atom. The number of ether oxygens (including phenoxy) is 1. The lowest BCUT2D eigenvalue weighted by Gasteiger charge is -2.12. The molecule has 1 aromatic heterocycles. The van der Waals surface area contributed by atoms with Crippen LogP contribution in [0.2, 0.25) is 0 Å². The standard InChI is InChI=1S/C17H22N2O/c1-12(2)19-10-14-8-15(11-18-9-14)16-7-13(3)5-6-17(16)20-4/h5-9,11-12,19H,10H2,1-4H3. The first kappa shape index (κ1) is 14.5. The Balaban J connectivity index is 2.33. The Labute approximate surface area is 121 Å². The number of aryl methyl sites for hydroxylation is 1. The van der Waals surface area contributed by atoms with Gasteiger partial charge in [-0.2, -0.15) is 0 Å². The second-order valence-electron chi connectivity index (χ2n) is 5.32. The third kappa shape index (κ3) is 3.58. The topological polar surface area (TPSA) is 34.1 Å². The summed E-state index contributed by atoms with van der Waals surface area (Å²) in [5.41, 5.74) is 4.58. The van der Waals surface area contributed by atoms with E-state index in [1.54, 1.807) is 7.11 Å². The quantitative estimate of drug-likeness (QED) is 0.902. The fraction of sp³-hybridized carbons (Fsp3) is 0.353. The van der Waals surface area contributed by atoms with E-state index in [1.807, 2.05) is 18.5 Å². The van der Waals surface area contributed by atoms with Crippen LogP contribution < -0.4 is 10.1 Å². The molecule has 0 saturated carbocycles. The second-order valence-corrected chi connectivity index (χ2v) is 5.32. The summed E-state index contributed by atoms with van der Waals surface area (Å²) in [7, 11) is 1.70. The number of pyridine rings is 1. The van der Waals surface area contributed by atoms with Gasteiger partial charge in [0.2, 0.25) is 0 Å². The molecule has 2 aromatic rings. The van der Waals surface area contributed by atoms with Gasteiger partial charge in [-0.15, -0.1) is 0 Å². The Bertz CT molecular complexity index is 579. The molecule has 0 fully saturated rings. The number of aromatic nitrogens is 1. The highest BCUT2D eigenvalue weighted by atomic mass is 16.5. The van der Waals surface area contributed by atoms with Crippen LogP contribution in [-0.2, 0) is 6.54 Å². The Hall–Kier alpha value is -1.87. The maximum Gasteiger partial charge on any atom is 0.126 e. The second kappa shape index (κ2) is 6.53. The summed E-state index contributed by atoms with van der Waals surface area (Å²) in [6.07, 6.45) is 3.79. The molecule has 1 N–H and O–H groups in total. The van der Waals surface area contributed by atoms with Gasteiger partial charge in [0.1, 0.15) is 5.75 Å². The summed E-state index contributed by atoms with van der Waals surface area (Å²) in [6.45, 7) is 7.19. The molecule has 0 bridgehead atoms. The minimum absolute atomic E-state index is 0.465. The van der Waals surface area contributed by atoms with Crippen molar-refractivity contribution < 1.29 is 4.74 Å². The van der Waals surface area contributed by atoms with Gasteiger partial charge in [-0.1, -0.05) is 25.5 Å². The van der Waals surface area contributed by atoms with Crippen LogP contribution in [-0.4, -0.2) is 18.1 Å². The fourth-order valence-electron chi connectivity index (χ4n) is 2.10. The number of rotatable bonds is 5. The van der Waals surface area contributed by atoms with Crippen LogP contribution in [0.3, 0.4) is 0 Å². The molecular formula is C17H22N2O. The predicted octanol–water partition coefficient (Wildman–Crippen LogP) is 3.56. The highest BCUT2D eigenvalue weighted by Gasteiger charge is 2.07. The number of methoxy groups -OCH3 is 1. The van der Waals surface area contributed by atoms with E-state index in [4.69, 9.17) is 4.74 Å². The predicted molar refractivity (Wildman–Crippen MR) is 82.9 cm³/mol. The Morgan fingerprint density at radius 1 is 1.20 bits per heavy atom. The first-order valence-electron chi connectivity index (χ1n) is 6.92. The first-order chi connectivity index (χ1) is 9.60. The third-order valence-corrected chi connectivity index (χ3v) is 3.18. The molecule has 0 aliphatic heterocycles. The molecule has 3 heteroatoms. The van der Waals surface area contributed by atoms with Gasteiger partial charge in [-0.25, -0.2) is 0 Å². The van der Waals surface area contributed by atoms with Crippen LogP contribution in [0.15, 0.2) is 36.7 Å². The van der Waals surface area contributed by atoms with Gasteiger partial charge in [0.25, 0.3) is 0 Å². The molecule has 106 valence electrons. The summed E-state index contributed by atoms with van der Waals surface area (Å²) >= 11 is 0. The van der Waals surface area contributed by atoms with Gasteiger partial charge in [0.05, 0.1) is 7.11 Å². The molecule has 0 atom stereocenters. The summed E-state index contributed by atoms with van der Waals surface area (Å²) in [5, 5.41) is 3.41. The van der Waals surface area contributed by atoms with Crippen LogP contribution in [0.5, 0.6) is 5.75 Å². The van der Waals surface area contributed by atoms with Crippen molar-refractivity contribution in [2.24, 2.45) is 0 Å². The number of nitrogens with one attached hydrogen (secondary N) is 1. The molecule has 20 heavy (non-hydrogen) atoms. The van der Waals surface area contributed by atoms with Gasteiger partial charge in [-0.3, -0.25) is 4.98 Å². The van der Waals surface area contributed by atoms with Crippen molar-refractivity contribution in [2.75, 3.05) is 7.11 Å². The molecular weight excluding hydrogens is 248 g/mol. The summed E-state index contributed by atoms with van der Waals surface area (Å²) in [4.78, 5) is 4.35. The van der Waals surface area contributed by atoms with Crippen molar-refractivity contribution in [3.05, 3.63) is 47.8 Å². The van der Waals surface area contributed by atoms with E-state index < -0.39 is 0 Å². The maximum atomic E-state index is 5.45. The maximum absolute atomic E-state index is 5.45. The highest BCUT2D eigenvalue weighted by molar-refractivity contribution is 5.71. The van der Waals surface area contributed by atoms with E-state index in [2.05, 4.69) is 49.3 Å². The third-order valence-electron chi connectivity index (χ3n) is 3.18. The first-order valence-corrected chi connectivity index (χ1v) is 6.92. The molecule has 0 unspecified atom stereocenters. The van der Waals surface area contributed by atoms with E-state index in [0.29, 0.717) is 6.04 Å². The van der Waals surface area contributed by atoms with Gasteiger partial charge in [0, 0.05) is 36.1 Å². The highest BCUT2D eigenvalue weighted by Crippen LogP contribution is 2.30. The average Bonchev–Trinajstić information content (AvgIpc) is 2.45. The van der Waals surface area contributed by atoms with E-state index >= 15 is 0 Å². The summed E-state index contributed by atoms with van der Waals surface area (Å²) in [6, 6.07) is 8.82. The van der Waals surface area contributed by atoms with Gasteiger partial charge in [0.15, 0.2) is 0 Å². The minimum atomic E-state index is 0.465. The lowest BCUT2D eigenvalue weighted by atomic mass is 10.0. The van der Waals surface area contributed by atoms with E-state index in [0.717, 1.165) is 23.4 Å². The molecule has 0 saturated heterocycles. The SMILES string of the molecule is COc1ccc(C)cc1-c1cncc(CNC(C)C)c1. The van der Waals surface area contributed by atoms with E-state index in [-0.39, 0.29) is 0 Å². The molecule has 0 amide bonds. The van der Waals surface area contributed by atoms with Crippen molar-refractivity contribution in [2.45, 2.75) is 33.4 Å². The van der Waals surface area contributed by atoms with Gasteiger partial charge in [-0.05, 0) is 30.7 Å². The van der Waals surface area contributed by atoms with Gasteiger partial charge < -0.3 is 10.1 Å². The van der Waals surface area contributed by atoms with Crippen LogP contribution in [0.1, 0.15) is 25.0 Å². The average molecular weight is 270 g/mol. The summed E-state index contributed by atoms with van der Waals surface area (Å²) < 4.78 is 5.45. The Kier molecular flexibility index (Phi) is 4.74. The van der Waals surface area contributed by atoms with Crippen LogP contribution >= 0.6 is 0 Å². The lowest BCUT2D eigenvalue weighted by molar-refractivity contribution is 0.416. The molecule has 3 nitrogen and oxygen atoms in total. The van der Waals surface area contributed by atoms with E-state index in [1.165, 1.54) is 11.1 Å². The number of nitrogens with zero attached hydrogens (tertiary/aromatic N) is 1. The number of benzene rings is 1. The zero-order valence-corrected chi connectivity index (χ0v) is 12.6. The largest absolute Gasteiger partial charge is 0.496 e. The van der Waals surface area contributed by atoms with Crippen molar-refractivity contribution in [3.8, 4) is 16.9 Å². The zero-order valence-electron chi connectivity index (χ0n) is 12.6. The molecule has 0 spiro atoms. The van der Waals surface area contributed by atoms with Crippen molar-refractivity contribution in [1.82, 2.24) is 10.3 Å². The van der Waals surface area contributed by atoms with Crippen LogP contribution in [0.25, 0.3) is 11.1 Å². The van der Waals surface area contributed by atoms with Crippen molar-refractivity contribution >= 4 is 0 Å². The van der Waals surface area contributed by atoms with Crippen molar-refractivity contribution in [3.63, 3.8) is 0 Å². The van der Waals surface area contributed by atoms with Crippen LogP contribution in [0.4, 0.5) is 0 Å². The van der Waals surface area contributed by atoms with E-state index in [9.17, 15) is 0 Å².